The molecular weight excluding hydrogens is 328 g/mol. The van der Waals surface area contributed by atoms with Crippen LogP contribution in [0.4, 0.5) is 11.4 Å². The SMILES string of the molecule is CC(=O)N(CC(=O)N1CCCCC1)c1ccc(N2CCN(C)CC2)cc1. The van der Waals surface area contributed by atoms with Crippen LogP contribution < -0.4 is 9.80 Å². The van der Waals surface area contributed by atoms with Crippen molar-refractivity contribution in [1.29, 1.82) is 0 Å². The maximum absolute atomic E-state index is 12.6. The molecule has 2 fully saturated rings. The van der Waals surface area contributed by atoms with E-state index in [1.165, 1.54) is 19.0 Å². The predicted octanol–water partition coefficient (Wildman–Crippen LogP) is 1.80. The number of piperidine rings is 1. The van der Waals surface area contributed by atoms with Crippen LogP contribution in [0.15, 0.2) is 24.3 Å². The lowest BCUT2D eigenvalue weighted by molar-refractivity contribution is -0.132. The molecule has 2 heterocycles. The summed E-state index contributed by atoms with van der Waals surface area (Å²) >= 11 is 0. The van der Waals surface area contributed by atoms with Gasteiger partial charge in [-0.15, -0.1) is 0 Å². The van der Waals surface area contributed by atoms with Gasteiger partial charge in [0, 0.05) is 57.6 Å². The molecule has 0 unspecified atom stereocenters. The van der Waals surface area contributed by atoms with E-state index < -0.39 is 0 Å². The van der Waals surface area contributed by atoms with Crippen LogP contribution in [0, 0.1) is 0 Å². The second-order valence-corrected chi connectivity index (χ2v) is 7.35. The Kier molecular flexibility index (Phi) is 6.14. The minimum absolute atomic E-state index is 0.0445. The average Bonchev–Trinajstić information content (AvgIpc) is 2.67. The molecule has 0 spiro atoms. The topological polar surface area (TPSA) is 47.1 Å². The third-order valence-corrected chi connectivity index (χ3v) is 5.41. The molecule has 0 N–H and O–H groups in total. The molecular formula is C20H30N4O2. The van der Waals surface area contributed by atoms with Gasteiger partial charge in [-0.25, -0.2) is 0 Å². The van der Waals surface area contributed by atoms with Gasteiger partial charge >= 0.3 is 0 Å². The number of likely N-dealkylation sites (tertiary alicyclic amines) is 1. The number of carbonyl (C=O) groups excluding carboxylic acids is 2. The maximum Gasteiger partial charge on any atom is 0.242 e. The third-order valence-electron chi connectivity index (χ3n) is 5.41. The Balaban J connectivity index is 1.66. The molecule has 26 heavy (non-hydrogen) atoms. The van der Waals surface area contributed by atoms with Gasteiger partial charge in [0.15, 0.2) is 0 Å². The third kappa shape index (κ3) is 4.55. The van der Waals surface area contributed by atoms with Crippen LogP contribution in [0.5, 0.6) is 0 Å². The average molecular weight is 358 g/mol. The summed E-state index contributed by atoms with van der Waals surface area (Å²) in [5.74, 6) is -0.0502. The quantitative estimate of drug-likeness (QED) is 0.824. The van der Waals surface area contributed by atoms with Crippen molar-refractivity contribution < 1.29 is 9.59 Å². The molecule has 142 valence electrons. The zero-order valence-corrected chi connectivity index (χ0v) is 16.0. The second kappa shape index (κ2) is 8.54. The Hall–Kier alpha value is -2.08. The number of rotatable bonds is 4. The highest BCUT2D eigenvalue weighted by atomic mass is 16.2. The van der Waals surface area contributed by atoms with Gasteiger partial charge in [-0.05, 0) is 50.6 Å². The van der Waals surface area contributed by atoms with Crippen molar-refractivity contribution in [2.75, 3.05) is 62.7 Å². The smallest absolute Gasteiger partial charge is 0.242 e. The highest BCUT2D eigenvalue weighted by molar-refractivity contribution is 5.97. The number of hydrogen-bond donors (Lipinski definition) is 0. The summed E-state index contributed by atoms with van der Waals surface area (Å²) in [5, 5.41) is 0. The first kappa shape index (κ1) is 18.7. The van der Waals surface area contributed by atoms with Crippen molar-refractivity contribution in [3.05, 3.63) is 24.3 Å². The number of nitrogens with zero attached hydrogens (tertiary/aromatic N) is 4. The van der Waals surface area contributed by atoms with Crippen LogP contribution in [-0.4, -0.2) is 74.5 Å². The fraction of sp³-hybridized carbons (Fsp3) is 0.600. The van der Waals surface area contributed by atoms with Gasteiger partial charge in [-0.3, -0.25) is 9.59 Å². The Labute approximate surface area is 156 Å². The Morgan fingerprint density at radius 1 is 0.923 bits per heavy atom. The van der Waals surface area contributed by atoms with Crippen molar-refractivity contribution in [2.45, 2.75) is 26.2 Å². The first-order valence-corrected chi connectivity index (χ1v) is 9.64. The summed E-state index contributed by atoms with van der Waals surface area (Å²) in [6.07, 6.45) is 3.31. The fourth-order valence-corrected chi connectivity index (χ4v) is 3.67. The Bertz CT molecular complexity index is 617. The van der Waals surface area contributed by atoms with Gasteiger partial charge in [0.25, 0.3) is 0 Å². The molecule has 6 heteroatoms. The number of anilines is 2. The number of carbonyl (C=O) groups is 2. The van der Waals surface area contributed by atoms with Crippen LogP contribution in [0.2, 0.25) is 0 Å². The van der Waals surface area contributed by atoms with E-state index in [2.05, 4.69) is 29.0 Å². The van der Waals surface area contributed by atoms with Crippen molar-refractivity contribution in [3.63, 3.8) is 0 Å². The van der Waals surface area contributed by atoms with Crippen LogP contribution in [-0.2, 0) is 9.59 Å². The van der Waals surface area contributed by atoms with E-state index in [4.69, 9.17) is 0 Å². The van der Waals surface area contributed by atoms with Crippen LogP contribution in [0.1, 0.15) is 26.2 Å². The number of piperazine rings is 1. The molecule has 0 aliphatic carbocycles. The van der Waals surface area contributed by atoms with E-state index >= 15 is 0 Å². The molecule has 0 radical (unpaired) electrons. The molecule has 3 rings (SSSR count). The van der Waals surface area contributed by atoms with Gasteiger partial charge in [0.1, 0.15) is 6.54 Å². The van der Waals surface area contributed by atoms with Crippen LogP contribution >= 0.6 is 0 Å². The Morgan fingerprint density at radius 3 is 2.12 bits per heavy atom. The number of likely N-dealkylation sites (N-methyl/N-ethyl adjacent to an activating group) is 1. The largest absolute Gasteiger partial charge is 0.369 e. The van der Waals surface area contributed by atoms with Crippen LogP contribution in [0.3, 0.4) is 0 Å². The minimum atomic E-state index is -0.0947. The van der Waals surface area contributed by atoms with E-state index in [9.17, 15) is 9.59 Å². The molecule has 2 amide bonds. The summed E-state index contributed by atoms with van der Waals surface area (Å²) in [6.45, 7) is 7.43. The zero-order chi connectivity index (χ0) is 18.5. The lowest BCUT2D eigenvalue weighted by Crippen LogP contribution is -2.45. The van der Waals surface area contributed by atoms with E-state index in [0.717, 1.165) is 57.8 Å². The monoisotopic (exact) mass is 358 g/mol. The standard InChI is InChI=1S/C20H30N4O2/c1-17(25)24(16-20(26)23-10-4-3-5-11-23)19-8-6-18(7-9-19)22-14-12-21(2)13-15-22/h6-9H,3-5,10-16H2,1-2H3. The maximum atomic E-state index is 12.6. The molecule has 1 aromatic carbocycles. The van der Waals surface area contributed by atoms with Gasteiger partial charge < -0.3 is 19.6 Å². The molecule has 1 aromatic rings. The van der Waals surface area contributed by atoms with E-state index in [1.54, 1.807) is 4.90 Å². The molecule has 0 atom stereocenters. The Morgan fingerprint density at radius 2 is 1.54 bits per heavy atom. The summed E-state index contributed by atoms with van der Waals surface area (Å²) in [7, 11) is 2.14. The molecule has 2 saturated heterocycles. The number of hydrogen-bond acceptors (Lipinski definition) is 4. The zero-order valence-electron chi connectivity index (χ0n) is 16.0. The van der Waals surface area contributed by atoms with Gasteiger partial charge in [-0.2, -0.15) is 0 Å². The van der Waals surface area contributed by atoms with Crippen molar-refractivity contribution in [2.24, 2.45) is 0 Å². The molecule has 0 aromatic heterocycles. The molecule has 2 aliphatic heterocycles. The number of benzene rings is 1. The van der Waals surface area contributed by atoms with Crippen molar-refractivity contribution in [1.82, 2.24) is 9.80 Å². The van der Waals surface area contributed by atoms with Crippen LogP contribution in [0.25, 0.3) is 0 Å². The minimum Gasteiger partial charge on any atom is -0.369 e. The molecule has 2 aliphatic rings. The summed E-state index contributed by atoms with van der Waals surface area (Å²) in [6, 6.07) is 8.03. The number of amides is 2. The van der Waals surface area contributed by atoms with Crippen molar-refractivity contribution in [3.8, 4) is 0 Å². The van der Waals surface area contributed by atoms with Gasteiger partial charge in [-0.1, -0.05) is 0 Å². The normalized spacial score (nSPS) is 18.7. The predicted molar refractivity (Wildman–Crippen MR) is 105 cm³/mol. The van der Waals surface area contributed by atoms with E-state index in [1.807, 2.05) is 17.0 Å². The molecule has 0 saturated carbocycles. The lowest BCUT2D eigenvalue weighted by atomic mass is 10.1. The summed E-state index contributed by atoms with van der Waals surface area (Å²) < 4.78 is 0. The summed E-state index contributed by atoms with van der Waals surface area (Å²) in [5.41, 5.74) is 1.97. The first-order chi connectivity index (χ1) is 12.5. The molecule has 6 nitrogen and oxygen atoms in total. The fourth-order valence-electron chi connectivity index (χ4n) is 3.67. The van der Waals surface area contributed by atoms with Gasteiger partial charge in [0.05, 0.1) is 0 Å². The summed E-state index contributed by atoms with van der Waals surface area (Å²) in [4.78, 5) is 32.8. The van der Waals surface area contributed by atoms with E-state index in [0.29, 0.717) is 0 Å². The highest BCUT2D eigenvalue weighted by Gasteiger charge is 2.22. The van der Waals surface area contributed by atoms with Gasteiger partial charge in [0.2, 0.25) is 11.8 Å². The second-order valence-electron chi connectivity index (χ2n) is 7.35. The van der Waals surface area contributed by atoms with E-state index in [-0.39, 0.29) is 18.4 Å². The highest BCUT2D eigenvalue weighted by Crippen LogP contribution is 2.22. The van der Waals surface area contributed by atoms with Crippen molar-refractivity contribution >= 4 is 23.2 Å². The lowest BCUT2D eigenvalue weighted by Gasteiger charge is -2.34. The first-order valence-electron chi connectivity index (χ1n) is 9.64. The molecule has 0 bridgehead atoms.